The summed E-state index contributed by atoms with van der Waals surface area (Å²) in [7, 11) is 0. The lowest BCUT2D eigenvalue weighted by Gasteiger charge is -2.08. The van der Waals surface area contributed by atoms with Gasteiger partial charge in [-0.1, -0.05) is 28.9 Å². The van der Waals surface area contributed by atoms with Crippen LogP contribution >= 0.6 is 15.9 Å². The van der Waals surface area contributed by atoms with E-state index in [1.165, 1.54) is 12.8 Å². The van der Waals surface area contributed by atoms with E-state index in [0.29, 0.717) is 11.5 Å². The van der Waals surface area contributed by atoms with E-state index >= 15 is 0 Å². The lowest BCUT2D eigenvalue weighted by atomic mass is 10.0. The molecule has 0 spiro atoms. The average molecular weight is 323 g/mol. The predicted octanol–water partition coefficient (Wildman–Crippen LogP) is 4.05. The molecule has 0 aromatic heterocycles. The molecule has 0 bridgehead atoms. The predicted molar refractivity (Wildman–Crippen MR) is 81.4 cm³/mol. The van der Waals surface area contributed by atoms with Crippen LogP contribution in [-0.4, -0.2) is 11.6 Å². The molecule has 19 heavy (non-hydrogen) atoms. The second kappa shape index (κ2) is 6.33. The molecule has 1 aromatic rings. The summed E-state index contributed by atoms with van der Waals surface area (Å²) >= 11 is 3.44. The topological polar surface area (TPSA) is 41.5 Å². The lowest BCUT2D eigenvalue weighted by molar-refractivity contribution is 0.0954. The molecule has 1 saturated carbocycles. The van der Waals surface area contributed by atoms with Gasteiger partial charge in [-0.05, 0) is 56.2 Å². The van der Waals surface area contributed by atoms with E-state index in [-0.39, 0.29) is 5.91 Å². The molecular formula is C15H19BrN2O. The Hall–Kier alpha value is -1.16. The first kappa shape index (κ1) is 14.3. The fourth-order valence-corrected chi connectivity index (χ4v) is 2.79. The Labute approximate surface area is 122 Å². The SMILES string of the molecule is CCC1CCCC1=NNC(=O)c1ccc(C)c(Br)c1. The summed E-state index contributed by atoms with van der Waals surface area (Å²) in [4.78, 5) is 12.0. The van der Waals surface area contributed by atoms with E-state index in [0.717, 1.165) is 28.6 Å². The summed E-state index contributed by atoms with van der Waals surface area (Å²) in [5, 5.41) is 4.31. The van der Waals surface area contributed by atoms with Gasteiger partial charge in [0.05, 0.1) is 0 Å². The molecule has 102 valence electrons. The number of rotatable bonds is 3. The van der Waals surface area contributed by atoms with Crippen LogP contribution in [-0.2, 0) is 0 Å². The van der Waals surface area contributed by atoms with E-state index in [2.05, 4.69) is 33.4 Å². The minimum Gasteiger partial charge on any atom is -0.267 e. The van der Waals surface area contributed by atoms with E-state index in [1.807, 2.05) is 25.1 Å². The highest BCUT2D eigenvalue weighted by Gasteiger charge is 2.21. The molecule has 2 rings (SSSR count). The van der Waals surface area contributed by atoms with E-state index < -0.39 is 0 Å². The molecule has 1 atom stereocenters. The van der Waals surface area contributed by atoms with Crippen molar-refractivity contribution >= 4 is 27.5 Å². The zero-order valence-corrected chi connectivity index (χ0v) is 13.0. The minimum atomic E-state index is -0.144. The van der Waals surface area contributed by atoms with Gasteiger partial charge in [0, 0.05) is 15.7 Å². The largest absolute Gasteiger partial charge is 0.271 e. The maximum Gasteiger partial charge on any atom is 0.271 e. The third-order valence-corrected chi connectivity index (χ3v) is 4.54. The molecule has 0 aliphatic heterocycles. The number of halogens is 1. The number of aryl methyl sites for hydroxylation is 1. The smallest absolute Gasteiger partial charge is 0.267 e. The van der Waals surface area contributed by atoms with E-state index in [1.54, 1.807) is 0 Å². The highest BCUT2D eigenvalue weighted by Crippen LogP contribution is 2.25. The number of benzene rings is 1. The third kappa shape index (κ3) is 3.44. The fraction of sp³-hybridized carbons (Fsp3) is 0.467. The fourth-order valence-electron chi connectivity index (χ4n) is 2.41. The van der Waals surface area contributed by atoms with Gasteiger partial charge in [-0.2, -0.15) is 5.10 Å². The monoisotopic (exact) mass is 322 g/mol. The van der Waals surface area contributed by atoms with Gasteiger partial charge in [0.2, 0.25) is 0 Å². The Balaban J connectivity index is 2.05. The van der Waals surface area contributed by atoms with E-state index in [4.69, 9.17) is 0 Å². The van der Waals surface area contributed by atoms with Crippen LogP contribution in [0.4, 0.5) is 0 Å². The molecule has 1 aliphatic rings. The first-order valence-corrected chi connectivity index (χ1v) is 7.54. The zero-order valence-electron chi connectivity index (χ0n) is 11.4. The first-order chi connectivity index (χ1) is 9.11. The number of hydrogen-bond donors (Lipinski definition) is 1. The van der Waals surface area contributed by atoms with E-state index in [9.17, 15) is 4.79 Å². The van der Waals surface area contributed by atoms with Crippen molar-refractivity contribution in [1.29, 1.82) is 0 Å². The highest BCUT2D eigenvalue weighted by molar-refractivity contribution is 9.10. The number of amides is 1. The molecule has 0 saturated heterocycles. The summed E-state index contributed by atoms with van der Waals surface area (Å²) in [6.45, 7) is 4.17. The van der Waals surface area contributed by atoms with Gasteiger partial charge in [-0.25, -0.2) is 5.43 Å². The van der Waals surface area contributed by atoms with Gasteiger partial charge < -0.3 is 0 Å². The van der Waals surface area contributed by atoms with Crippen molar-refractivity contribution in [2.45, 2.75) is 39.5 Å². The van der Waals surface area contributed by atoms with Crippen LogP contribution in [0.2, 0.25) is 0 Å². The second-order valence-electron chi connectivity index (χ2n) is 5.01. The number of hydrogen-bond acceptors (Lipinski definition) is 2. The Morgan fingerprint density at radius 3 is 3.00 bits per heavy atom. The van der Waals surface area contributed by atoms with Crippen LogP contribution < -0.4 is 5.43 Å². The van der Waals surface area contributed by atoms with Crippen LogP contribution in [0, 0.1) is 12.8 Å². The van der Waals surface area contributed by atoms with Crippen LogP contribution in [0.15, 0.2) is 27.8 Å². The van der Waals surface area contributed by atoms with Gasteiger partial charge >= 0.3 is 0 Å². The molecule has 3 nitrogen and oxygen atoms in total. The first-order valence-electron chi connectivity index (χ1n) is 6.74. The molecule has 1 amide bonds. The standard InChI is InChI=1S/C15H19BrN2O/c1-3-11-5-4-6-14(11)17-18-15(19)12-8-7-10(2)13(16)9-12/h7-9,11H,3-6H2,1-2H3,(H,18,19). The summed E-state index contributed by atoms with van der Waals surface area (Å²) in [5.74, 6) is 0.403. The molecule has 1 aliphatic carbocycles. The van der Waals surface area contributed by atoms with Gasteiger partial charge in [0.25, 0.3) is 5.91 Å². The second-order valence-corrected chi connectivity index (χ2v) is 5.86. The number of carbonyl (C=O) groups excluding carboxylic acids is 1. The van der Waals surface area contributed by atoms with Crippen molar-refractivity contribution in [3.05, 3.63) is 33.8 Å². The zero-order chi connectivity index (χ0) is 13.8. The van der Waals surface area contributed by atoms with Crippen molar-refractivity contribution < 1.29 is 4.79 Å². The molecule has 4 heteroatoms. The Morgan fingerprint density at radius 1 is 1.53 bits per heavy atom. The molecule has 1 unspecified atom stereocenters. The number of nitrogens with zero attached hydrogens (tertiary/aromatic N) is 1. The summed E-state index contributed by atoms with van der Waals surface area (Å²) in [6.07, 6.45) is 4.49. The number of nitrogens with one attached hydrogen (secondary N) is 1. The van der Waals surface area contributed by atoms with Crippen LogP contribution in [0.25, 0.3) is 0 Å². The van der Waals surface area contributed by atoms with Crippen molar-refractivity contribution in [2.24, 2.45) is 11.0 Å². The summed E-state index contributed by atoms with van der Waals surface area (Å²) in [5.41, 5.74) is 5.57. The molecule has 1 fully saturated rings. The van der Waals surface area contributed by atoms with Crippen molar-refractivity contribution in [2.75, 3.05) is 0 Å². The van der Waals surface area contributed by atoms with Gasteiger partial charge in [0.15, 0.2) is 0 Å². The van der Waals surface area contributed by atoms with Crippen molar-refractivity contribution in [3.63, 3.8) is 0 Å². The molecule has 1 N–H and O–H groups in total. The Morgan fingerprint density at radius 2 is 2.32 bits per heavy atom. The van der Waals surface area contributed by atoms with Crippen LogP contribution in [0.5, 0.6) is 0 Å². The lowest BCUT2D eigenvalue weighted by Crippen LogP contribution is -2.21. The van der Waals surface area contributed by atoms with Gasteiger partial charge in [0.1, 0.15) is 0 Å². The highest BCUT2D eigenvalue weighted by atomic mass is 79.9. The third-order valence-electron chi connectivity index (χ3n) is 3.68. The normalized spacial score (nSPS) is 20.8. The summed E-state index contributed by atoms with van der Waals surface area (Å²) < 4.78 is 0.945. The molecular weight excluding hydrogens is 304 g/mol. The van der Waals surface area contributed by atoms with Crippen molar-refractivity contribution in [1.82, 2.24) is 5.43 Å². The Bertz CT molecular complexity index is 511. The van der Waals surface area contributed by atoms with Crippen molar-refractivity contribution in [3.8, 4) is 0 Å². The summed E-state index contributed by atoms with van der Waals surface area (Å²) in [6, 6.07) is 5.58. The maximum atomic E-state index is 12.0. The molecule has 0 radical (unpaired) electrons. The average Bonchev–Trinajstić information content (AvgIpc) is 2.86. The van der Waals surface area contributed by atoms with Gasteiger partial charge in [-0.3, -0.25) is 4.79 Å². The van der Waals surface area contributed by atoms with Gasteiger partial charge in [-0.15, -0.1) is 0 Å². The number of hydrazone groups is 1. The molecule has 1 aromatic carbocycles. The molecule has 0 heterocycles. The Kier molecular flexibility index (Phi) is 4.75. The van der Waals surface area contributed by atoms with Crippen LogP contribution in [0.3, 0.4) is 0 Å². The maximum absolute atomic E-state index is 12.0. The minimum absolute atomic E-state index is 0.144. The number of carbonyl (C=O) groups is 1. The van der Waals surface area contributed by atoms with Crippen LogP contribution in [0.1, 0.15) is 48.5 Å². The quantitative estimate of drug-likeness (QED) is 0.838.